The lowest BCUT2D eigenvalue weighted by molar-refractivity contribution is 0.0958. The van der Waals surface area contributed by atoms with E-state index in [0.29, 0.717) is 11.7 Å². The Morgan fingerprint density at radius 1 is 1.62 bits per heavy atom. The number of thioether (sulfide) groups is 1. The maximum atomic E-state index is 11.4. The van der Waals surface area contributed by atoms with E-state index >= 15 is 0 Å². The predicted molar refractivity (Wildman–Crippen MR) is 69.1 cm³/mol. The minimum atomic E-state index is -0.166. The van der Waals surface area contributed by atoms with Gasteiger partial charge >= 0.3 is 0 Å². The summed E-state index contributed by atoms with van der Waals surface area (Å²) in [6, 6.07) is 3.99. The summed E-state index contributed by atoms with van der Waals surface area (Å²) in [6.45, 7) is 2.11. The van der Waals surface area contributed by atoms with E-state index in [-0.39, 0.29) is 5.91 Å². The van der Waals surface area contributed by atoms with Crippen LogP contribution < -0.4 is 10.6 Å². The van der Waals surface area contributed by atoms with Crippen LogP contribution in [0.3, 0.4) is 0 Å². The van der Waals surface area contributed by atoms with Gasteiger partial charge in [0.2, 0.25) is 0 Å². The van der Waals surface area contributed by atoms with Gasteiger partial charge in [-0.2, -0.15) is 11.8 Å². The molecule has 2 N–H and O–H groups in total. The summed E-state index contributed by atoms with van der Waals surface area (Å²) in [6.07, 6.45) is 3.71. The number of carbonyl (C=O) groups is 1. The third-order valence-electron chi connectivity index (χ3n) is 2.05. The first-order valence-electron chi connectivity index (χ1n) is 5.11. The molecule has 0 spiro atoms. The molecule has 0 saturated carbocycles. The molecule has 0 aliphatic heterocycles. The van der Waals surface area contributed by atoms with Crippen molar-refractivity contribution in [1.82, 2.24) is 10.3 Å². The van der Waals surface area contributed by atoms with Crippen LogP contribution in [0.4, 0.5) is 5.69 Å². The van der Waals surface area contributed by atoms with E-state index in [9.17, 15) is 4.79 Å². The molecule has 0 fully saturated rings. The van der Waals surface area contributed by atoms with Crippen LogP contribution in [0.15, 0.2) is 18.3 Å². The molecule has 0 radical (unpaired) electrons. The molecule has 16 heavy (non-hydrogen) atoms. The number of carbonyl (C=O) groups excluding carboxylic acids is 1. The summed E-state index contributed by atoms with van der Waals surface area (Å²) in [5, 5.41) is 5.87. The minimum Gasteiger partial charge on any atom is -0.382 e. The van der Waals surface area contributed by atoms with Gasteiger partial charge in [-0.05, 0) is 25.3 Å². The SMILES string of the molecule is CNC(=O)c1cc(NC(C)CSC)ccn1. The highest BCUT2D eigenvalue weighted by atomic mass is 32.2. The van der Waals surface area contributed by atoms with E-state index in [1.807, 2.05) is 6.07 Å². The summed E-state index contributed by atoms with van der Waals surface area (Å²) in [7, 11) is 1.60. The van der Waals surface area contributed by atoms with Crippen LogP contribution in [-0.4, -0.2) is 36.0 Å². The lowest BCUT2D eigenvalue weighted by Gasteiger charge is -2.14. The monoisotopic (exact) mass is 239 g/mol. The highest BCUT2D eigenvalue weighted by molar-refractivity contribution is 7.98. The largest absolute Gasteiger partial charge is 0.382 e. The zero-order valence-electron chi connectivity index (χ0n) is 9.78. The normalized spacial score (nSPS) is 11.9. The Kier molecular flexibility index (Phi) is 5.11. The van der Waals surface area contributed by atoms with Gasteiger partial charge in [-0.1, -0.05) is 0 Å². The molecule has 1 atom stereocenters. The maximum absolute atomic E-state index is 11.4. The Labute approximate surface area is 100 Å². The van der Waals surface area contributed by atoms with E-state index in [1.165, 1.54) is 0 Å². The molecular formula is C11H17N3OS. The standard InChI is InChI=1S/C11H17N3OS/c1-8(7-16-3)14-9-4-5-13-10(6-9)11(15)12-2/h4-6,8H,7H2,1-3H3,(H,12,15)(H,13,14). The zero-order valence-corrected chi connectivity index (χ0v) is 10.6. The molecule has 1 aromatic rings. The fourth-order valence-electron chi connectivity index (χ4n) is 1.35. The molecule has 5 heteroatoms. The molecule has 0 saturated heterocycles. The van der Waals surface area contributed by atoms with E-state index in [0.717, 1.165) is 11.4 Å². The number of aromatic nitrogens is 1. The van der Waals surface area contributed by atoms with Crippen molar-refractivity contribution in [2.24, 2.45) is 0 Å². The lowest BCUT2D eigenvalue weighted by Crippen LogP contribution is -2.21. The highest BCUT2D eigenvalue weighted by Gasteiger charge is 2.06. The first-order chi connectivity index (χ1) is 7.67. The van der Waals surface area contributed by atoms with Crippen LogP contribution in [0.5, 0.6) is 0 Å². The number of amides is 1. The summed E-state index contributed by atoms with van der Waals surface area (Å²) in [4.78, 5) is 15.4. The fourth-order valence-corrected chi connectivity index (χ4v) is 1.93. The number of anilines is 1. The van der Waals surface area contributed by atoms with E-state index in [1.54, 1.807) is 31.1 Å². The third-order valence-corrected chi connectivity index (χ3v) is 2.88. The van der Waals surface area contributed by atoms with Gasteiger partial charge in [-0.25, -0.2) is 0 Å². The number of hydrogen-bond donors (Lipinski definition) is 2. The Morgan fingerprint density at radius 2 is 2.38 bits per heavy atom. The second-order valence-electron chi connectivity index (χ2n) is 3.51. The second kappa shape index (κ2) is 6.37. The van der Waals surface area contributed by atoms with E-state index in [4.69, 9.17) is 0 Å². The van der Waals surface area contributed by atoms with Crippen molar-refractivity contribution in [2.45, 2.75) is 13.0 Å². The van der Waals surface area contributed by atoms with Gasteiger partial charge in [-0.3, -0.25) is 9.78 Å². The predicted octanol–water partition coefficient (Wildman–Crippen LogP) is 1.60. The fraction of sp³-hybridized carbons (Fsp3) is 0.455. The van der Waals surface area contributed by atoms with E-state index < -0.39 is 0 Å². The molecule has 0 aromatic carbocycles. The van der Waals surface area contributed by atoms with Gasteiger partial charge in [0.25, 0.3) is 5.91 Å². The van der Waals surface area contributed by atoms with Crippen LogP contribution >= 0.6 is 11.8 Å². The summed E-state index contributed by atoms with van der Waals surface area (Å²) in [5.74, 6) is 0.860. The molecular weight excluding hydrogens is 222 g/mol. The van der Waals surface area contributed by atoms with Gasteiger partial charge in [0.1, 0.15) is 5.69 Å². The smallest absolute Gasteiger partial charge is 0.269 e. The molecule has 1 unspecified atom stereocenters. The Hall–Kier alpha value is -1.23. The average Bonchev–Trinajstić information content (AvgIpc) is 2.28. The second-order valence-corrected chi connectivity index (χ2v) is 4.42. The number of nitrogens with zero attached hydrogens (tertiary/aromatic N) is 1. The first kappa shape index (κ1) is 12.8. The van der Waals surface area contributed by atoms with Crippen molar-refractivity contribution < 1.29 is 4.79 Å². The average molecular weight is 239 g/mol. The van der Waals surface area contributed by atoms with Crippen LogP contribution in [0.2, 0.25) is 0 Å². The van der Waals surface area contributed by atoms with Gasteiger partial charge in [0.15, 0.2) is 0 Å². The molecule has 4 nitrogen and oxygen atoms in total. The molecule has 0 aliphatic rings. The Balaban J connectivity index is 2.70. The number of nitrogens with one attached hydrogen (secondary N) is 2. The van der Waals surface area contributed by atoms with Crippen LogP contribution in [0.25, 0.3) is 0 Å². The van der Waals surface area contributed by atoms with Crippen LogP contribution in [-0.2, 0) is 0 Å². The maximum Gasteiger partial charge on any atom is 0.269 e. The molecule has 0 aliphatic carbocycles. The van der Waals surface area contributed by atoms with Gasteiger partial charge in [0.05, 0.1) is 0 Å². The van der Waals surface area contributed by atoms with Crippen LogP contribution in [0.1, 0.15) is 17.4 Å². The van der Waals surface area contributed by atoms with Crippen molar-refractivity contribution in [1.29, 1.82) is 0 Å². The van der Waals surface area contributed by atoms with Crippen LogP contribution in [0, 0.1) is 0 Å². The minimum absolute atomic E-state index is 0.166. The van der Waals surface area contributed by atoms with Crippen molar-refractivity contribution in [3.8, 4) is 0 Å². The molecule has 1 rings (SSSR count). The topological polar surface area (TPSA) is 54.0 Å². The molecule has 1 heterocycles. The van der Waals surface area contributed by atoms with Crippen molar-refractivity contribution in [3.63, 3.8) is 0 Å². The van der Waals surface area contributed by atoms with Gasteiger partial charge in [0, 0.05) is 30.7 Å². The highest BCUT2D eigenvalue weighted by Crippen LogP contribution is 2.11. The van der Waals surface area contributed by atoms with Gasteiger partial charge in [-0.15, -0.1) is 0 Å². The molecule has 1 amide bonds. The number of pyridine rings is 1. The Morgan fingerprint density at radius 3 is 3.00 bits per heavy atom. The summed E-state index contributed by atoms with van der Waals surface area (Å²) in [5.41, 5.74) is 1.36. The molecule has 1 aromatic heterocycles. The molecule has 88 valence electrons. The van der Waals surface area contributed by atoms with Crippen molar-refractivity contribution in [3.05, 3.63) is 24.0 Å². The lowest BCUT2D eigenvalue weighted by atomic mass is 10.2. The first-order valence-corrected chi connectivity index (χ1v) is 6.50. The Bertz CT molecular complexity index is 357. The number of hydrogen-bond acceptors (Lipinski definition) is 4. The zero-order chi connectivity index (χ0) is 12.0. The summed E-state index contributed by atoms with van der Waals surface area (Å²) < 4.78 is 0. The van der Waals surface area contributed by atoms with Crippen molar-refractivity contribution >= 4 is 23.4 Å². The number of rotatable bonds is 5. The van der Waals surface area contributed by atoms with Gasteiger partial charge < -0.3 is 10.6 Å². The third kappa shape index (κ3) is 3.73. The van der Waals surface area contributed by atoms with E-state index in [2.05, 4.69) is 28.8 Å². The quantitative estimate of drug-likeness (QED) is 0.819. The summed E-state index contributed by atoms with van der Waals surface area (Å²) >= 11 is 1.79. The van der Waals surface area contributed by atoms with Crippen molar-refractivity contribution in [2.75, 3.05) is 24.4 Å². The molecule has 0 bridgehead atoms.